The topological polar surface area (TPSA) is 47.6 Å². The number of carbonyl (C=O) groups excluding carboxylic acids is 1. The van der Waals surface area contributed by atoms with Crippen molar-refractivity contribution in [1.29, 1.82) is 0 Å². The predicted molar refractivity (Wildman–Crippen MR) is 93.6 cm³/mol. The number of amides is 1. The molecule has 22 heavy (non-hydrogen) atoms. The highest BCUT2D eigenvalue weighted by molar-refractivity contribution is 5.85. The van der Waals surface area contributed by atoms with Gasteiger partial charge in [-0.25, -0.2) is 0 Å². The Labute approximate surface area is 141 Å². The second-order valence-electron chi connectivity index (χ2n) is 7.12. The second-order valence-corrected chi connectivity index (χ2v) is 7.12. The van der Waals surface area contributed by atoms with Crippen molar-refractivity contribution in [3.05, 3.63) is 0 Å². The van der Waals surface area contributed by atoms with Crippen molar-refractivity contribution in [2.24, 2.45) is 0 Å². The predicted octanol–water partition coefficient (Wildman–Crippen LogP) is 1.08. The lowest BCUT2D eigenvalue weighted by Gasteiger charge is -2.40. The maximum atomic E-state index is 12.4. The molecule has 2 atom stereocenters. The first-order valence-electron chi connectivity index (χ1n) is 8.44. The Morgan fingerprint density at radius 1 is 1.32 bits per heavy atom. The summed E-state index contributed by atoms with van der Waals surface area (Å²) in [6, 6.07) is 0.676. The third-order valence-electron chi connectivity index (χ3n) is 5.17. The van der Waals surface area contributed by atoms with Gasteiger partial charge in [-0.2, -0.15) is 0 Å². The van der Waals surface area contributed by atoms with E-state index in [4.69, 9.17) is 0 Å². The lowest BCUT2D eigenvalue weighted by atomic mass is 10.0. The summed E-state index contributed by atoms with van der Waals surface area (Å²) in [5.41, 5.74) is -0.108. The summed E-state index contributed by atoms with van der Waals surface area (Å²) >= 11 is 0. The number of nitrogens with one attached hydrogen (secondary N) is 2. The molecule has 0 aliphatic carbocycles. The van der Waals surface area contributed by atoms with Gasteiger partial charge in [0.05, 0.1) is 6.04 Å². The van der Waals surface area contributed by atoms with Crippen molar-refractivity contribution < 1.29 is 4.79 Å². The first kappa shape index (κ1) is 19.7. The maximum absolute atomic E-state index is 12.4. The molecule has 0 aromatic carbocycles. The summed E-state index contributed by atoms with van der Waals surface area (Å²) in [5, 5.41) is 6.60. The van der Waals surface area contributed by atoms with Gasteiger partial charge in [0.2, 0.25) is 5.91 Å². The second kappa shape index (κ2) is 8.48. The van der Waals surface area contributed by atoms with Gasteiger partial charge in [0.15, 0.2) is 0 Å². The highest BCUT2D eigenvalue weighted by atomic mass is 35.5. The van der Waals surface area contributed by atoms with Gasteiger partial charge in [0.1, 0.15) is 0 Å². The zero-order valence-electron chi connectivity index (χ0n) is 14.5. The first-order chi connectivity index (χ1) is 9.93. The number of carbonyl (C=O) groups is 1. The highest BCUT2D eigenvalue weighted by Gasteiger charge is 2.31. The highest BCUT2D eigenvalue weighted by Crippen LogP contribution is 2.14. The van der Waals surface area contributed by atoms with E-state index in [1.807, 2.05) is 6.92 Å². The molecule has 0 radical (unpaired) electrons. The minimum Gasteiger partial charge on any atom is -0.350 e. The summed E-state index contributed by atoms with van der Waals surface area (Å²) in [7, 11) is 0. The fourth-order valence-electron chi connectivity index (χ4n) is 3.13. The largest absolute Gasteiger partial charge is 0.350 e. The Kier molecular flexibility index (Phi) is 7.59. The van der Waals surface area contributed by atoms with E-state index in [9.17, 15) is 4.79 Å². The van der Waals surface area contributed by atoms with Crippen LogP contribution in [0.15, 0.2) is 0 Å². The van der Waals surface area contributed by atoms with E-state index in [-0.39, 0.29) is 29.9 Å². The minimum absolute atomic E-state index is 0. The van der Waals surface area contributed by atoms with Crippen LogP contribution in [0.1, 0.15) is 40.5 Å². The molecule has 0 saturated carbocycles. The van der Waals surface area contributed by atoms with Gasteiger partial charge in [-0.3, -0.25) is 14.6 Å². The number of nitrogens with zero attached hydrogens (tertiary/aromatic N) is 2. The van der Waals surface area contributed by atoms with Gasteiger partial charge in [0.25, 0.3) is 0 Å². The average molecular weight is 333 g/mol. The molecule has 0 aromatic heterocycles. The van der Waals surface area contributed by atoms with Crippen molar-refractivity contribution in [3.8, 4) is 0 Å². The lowest BCUT2D eigenvalue weighted by molar-refractivity contribution is -0.128. The Hall–Kier alpha value is -0.360. The summed E-state index contributed by atoms with van der Waals surface area (Å²) < 4.78 is 0. The quantitative estimate of drug-likeness (QED) is 0.791. The SMILES string of the molecule is CCC(C)(C)NC(=O)C(C)N1CCN(C2CCNC2)CC1.Cl. The van der Waals surface area contributed by atoms with Crippen LogP contribution >= 0.6 is 12.4 Å². The zero-order valence-corrected chi connectivity index (χ0v) is 15.3. The van der Waals surface area contributed by atoms with E-state index < -0.39 is 0 Å². The van der Waals surface area contributed by atoms with Gasteiger partial charge in [-0.05, 0) is 40.2 Å². The van der Waals surface area contributed by atoms with Crippen LogP contribution < -0.4 is 10.6 Å². The van der Waals surface area contributed by atoms with Crippen molar-refractivity contribution >= 4 is 18.3 Å². The molecule has 2 aliphatic rings. The van der Waals surface area contributed by atoms with Crippen LogP contribution in [-0.4, -0.2) is 72.6 Å². The third kappa shape index (κ3) is 5.08. The van der Waals surface area contributed by atoms with Crippen molar-refractivity contribution in [2.75, 3.05) is 39.3 Å². The third-order valence-corrected chi connectivity index (χ3v) is 5.17. The molecule has 2 heterocycles. The Balaban J connectivity index is 0.00000242. The Bertz CT molecular complexity index is 350. The molecule has 1 amide bonds. The molecule has 2 rings (SSSR count). The Morgan fingerprint density at radius 3 is 2.45 bits per heavy atom. The fourth-order valence-corrected chi connectivity index (χ4v) is 3.13. The summed E-state index contributed by atoms with van der Waals surface area (Å²) in [6.07, 6.45) is 2.22. The molecule has 130 valence electrons. The van der Waals surface area contributed by atoms with Gasteiger partial charge in [0, 0.05) is 44.3 Å². The molecule has 5 nitrogen and oxygen atoms in total. The summed E-state index contributed by atoms with van der Waals surface area (Å²) in [4.78, 5) is 17.3. The molecule has 0 bridgehead atoms. The molecule has 6 heteroatoms. The molecular formula is C16H33ClN4O. The van der Waals surface area contributed by atoms with Crippen LogP contribution in [0.2, 0.25) is 0 Å². The standard InChI is InChI=1S/C16H32N4O.ClH/c1-5-16(3,4)18-15(21)13(2)19-8-10-20(11-9-19)14-6-7-17-12-14;/h13-14,17H,5-12H2,1-4H3,(H,18,21);1H. The van der Waals surface area contributed by atoms with E-state index >= 15 is 0 Å². The van der Waals surface area contributed by atoms with E-state index in [1.54, 1.807) is 0 Å². The van der Waals surface area contributed by atoms with Crippen LogP contribution in [0.25, 0.3) is 0 Å². The first-order valence-corrected chi connectivity index (χ1v) is 8.44. The number of rotatable bonds is 5. The van der Waals surface area contributed by atoms with Crippen LogP contribution in [0, 0.1) is 0 Å². The smallest absolute Gasteiger partial charge is 0.237 e. The van der Waals surface area contributed by atoms with Gasteiger partial charge in [-0.15, -0.1) is 12.4 Å². The monoisotopic (exact) mass is 332 g/mol. The molecular weight excluding hydrogens is 300 g/mol. The molecule has 0 aromatic rings. The van der Waals surface area contributed by atoms with Crippen LogP contribution in [0.4, 0.5) is 0 Å². The fraction of sp³-hybridized carbons (Fsp3) is 0.938. The number of halogens is 1. The molecule has 2 fully saturated rings. The van der Waals surface area contributed by atoms with E-state index in [2.05, 4.69) is 41.2 Å². The maximum Gasteiger partial charge on any atom is 0.237 e. The van der Waals surface area contributed by atoms with Crippen molar-refractivity contribution in [1.82, 2.24) is 20.4 Å². The van der Waals surface area contributed by atoms with Gasteiger partial charge in [-0.1, -0.05) is 6.92 Å². The molecule has 2 unspecified atom stereocenters. The number of piperazine rings is 1. The number of hydrogen-bond donors (Lipinski definition) is 2. The summed E-state index contributed by atoms with van der Waals surface area (Å²) in [6.45, 7) is 14.8. The van der Waals surface area contributed by atoms with Crippen LogP contribution in [0.5, 0.6) is 0 Å². The van der Waals surface area contributed by atoms with E-state index in [0.29, 0.717) is 6.04 Å². The Morgan fingerprint density at radius 2 is 1.95 bits per heavy atom. The molecule has 2 saturated heterocycles. The van der Waals surface area contributed by atoms with E-state index in [0.717, 1.165) is 45.7 Å². The number of hydrogen-bond acceptors (Lipinski definition) is 4. The van der Waals surface area contributed by atoms with Crippen LogP contribution in [-0.2, 0) is 4.79 Å². The lowest BCUT2D eigenvalue weighted by Crippen LogP contribution is -2.58. The normalized spacial score (nSPS) is 25.5. The van der Waals surface area contributed by atoms with Gasteiger partial charge < -0.3 is 10.6 Å². The zero-order chi connectivity index (χ0) is 15.5. The van der Waals surface area contributed by atoms with Crippen molar-refractivity contribution in [2.45, 2.75) is 58.2 Å². The summed E-state index contributed by atoms with van der Waals surface area (Å²) in [5.74, 6) is 0.165. The average Bonchev–Trinajstić information content (AvgIpc) is 3.00. The minimum atomic E-state index is -0.108. The van der Waals surface area contributed by atoms with Crippen molar-refractivity contribution in [3.63, 3.8) is 0 Å². The molecule has 0 spiro atoms. The van der Waals surface area contributed by atoms with Gasteiger partial charge >= 0.3 is 0 Å². The van der Waals surface area contributed by atoms with E-state index in [1.165, 1.54) is 6.42 Å². The molecule has 2 N–H and O–H groups in total. The molecule has 2 aliphatic heterocycles. The van der Waals surface area contributed by atoms with Crippen LogP contribution in [0.3, 0.4) is 0 Å².